The summed E-state index contributed by atoms with van der Waals surface area (Å²) < 4.78 is 10.1. The van der Waals surface area contributed by atoms with Gasteiger partial charge in [0.05, 0.1) is 13.2 Å². The normalized spacial score (nSPS) is 13.3. The molecule has 0 aromatic rings. The first kappa shape index (κ1) is 21.6. The molecule has 0 rings (SSSR count). The predicted octanol–water partition coefficient (Wildman–Crippen LogP) is 5.37. The Hall–Kier alpha value is -1.35. The first-order chi connectivity index (χ1) is 11.2. The number of hydrogen-bond donors (Lipinski definition) is 0. The Morgan fingerprint density at radius 2 is 1.70 bits per heavy atom. The molecule has 0 aliphatic heterocycles. The van der Waals surface area contributed by atoms with Crippen molar-refractivity contribution in [1.82, 2.24) is 0 Å². The molecular formula is C20H34O3. The van der Waals surface area contributed by atoms with Crippen LogP contribution in [0.4, 0.5) is 0 Å². The lowest BCUT2D eigenvalue weighted by molar-refractivity contribution is -0.140. The van der Waals surface area contributed by atoms with Gasteiger partial charge in [0.15, 0.2) is 0 Å². The molecule has 0 radical (unpaired) electrons. The van der Waals surface area contributed by atoms with Gasteiger partial charge in [-0.2, -0.15) is 0 Å². The molecule has 0 saturated heterocycles. The molecule has 0 saturated carbocycles. The molecule has 0 aromatic heterocycles. The lowest BCUT2D eigenvalue weighted by Gasteiger charge is -2.10. The second-order valence-electron chi connectivity index (χ2n) is 5.59. The Morgan fingerprint density at radius 3 is 2.39 bits per heavy atom. The van der Waals surface area contributed by atoms with Gasteiger partial charge in [-0.3, -0.25) is 4.79 Å². The smallest absolute Gasteiger partial charge is 0.305 e. The van der Waals surface area contributed by atoms with Crippen LogP contribution < -0.4 is 0 Å². The molecular weight excluding hydrogens is 288 g/mol. The minimum Gasteiger partial charge on any atom is -0.469 e. The molecule has 1 atom stereocenters. The third-order valence-corrected chi connectivity index (χ3v) is 3.65. The van der Waals surface area contributed by atoms with E-state index >= 15 is 0 Å². The summed E-state index contributed by atoms with van der Waals surface area (Å²) in [6, 6.07) is 0. The maximum atomic E-state index is 11.0. The molecule has 0 amide bonds. The van der Waals surface area contributed by atoms with Crippen LogP contribution in [0.15, 0.2) is 36.5 Å². The number of ether oxygens (including phenoxy) is 2. The number of hydrogen-bond acceptors (Lipinski definition) is 3. The molecule has 0 spiro atoms. The van der Waals surface area contributed by atoms with Gasteiger partial charge >= 0.3 is 5.97 Å². The Morgan fingerprint density at radius 1 is 0.957 bits per heavy atom. The van der Waals surface area contributed by atoms with Gasteiger partial charge in [-0.15, -0.1) is 0 Å². The van der Waals surface area contributed by atoms with Crippen molar-refractivity contribution < 1.29 is 14.3 Å². The summed E-state index contributed by atoms with van der Waals surface area (Å²) >= 11 is 0. The van der Waals surface area contributed by atoms with Gasteiger partial charge in [0.25, 0.3) is 0 Å². The quantitative estimate of drug-likeness (QED) is 0.186. The topological polar surface area (TPSA) is 35.5 Å². The van der Waals surface area contributed by atoms with Gasteiger partial charge in [-0.25, -0.2) is 0 Å². The molecule has 0 aliphatic rings. The van der Waals surface area contributed by atoms with Crippen molar-refractivity contribution in [2.24, 2.45) is 0 Å². The monoisotopic (exact) mass is 322 g/mol. The van der Waals surface area contributed by atoms with E-state index in [4.69, 9.17) is 4.74 Å². The SMILES string of the molecule is CCC=CCC=CC=CC(CCCCCCCC(=O)OC)OC. The fourth-order valence-corrected chi connectivity index (χ4v) is 2.23. The van der Waals surface area contributed by atoms with E-state index in [0.717, 1.165) is 38.5 Å². The molecule has 132 valence electrons. The van der Waals surface area contributed by atoms with E-state index < -0.39 is 0 Å². The highest BCUT2D eigenvalue weighted by Gasteiger charge is 2.02. The Labute approximate surface area is 142 Å². The fraction of sp³-hybridized carbons (Fsp3) is 0.650. The third kappa shape index (κ3) is 15.3. The average Bonchev–Trinajstić information content (AvgIpc) is 2.57. The lowest BCUT2D eigenvalue weighted by atomic mass is 10.1. The zero-order valence-electron chi connectivity index (χ0n) is 15.1. The van der Waals surface area contributed by atoms with Crippen LogP contribution in [0.3, 0.4) is 0 Å². The molecule has 0 aliphatic carbocycles. The van der Waals surface area contributed by atoms with Crippen LogP contribution in [0, 0.1) is 0 Å². The van der Waals surface area contributed by atoms with Crippen molar-refractivity contribution in [3.05, 3.63) is 36.5 Å². The van der Waals surface area contributed by atoms with Crippen LogP contribution in [-0.2, 0) is 14.3 Å². The molecule has 1 unspecified atom stereocenters. The number of methoxy groups -OCH3 is 2. The van der Waals surface area contributed by atoms with Crippen LogP contribution in [-0.4, -0.2) is 26.3 Å². The molecule has 0 N–H and O–H groups in total. The molecule has 0 aromatic carbocycles. The molecule has 23 heavy (non-hydrogen) atoms. The third-order valence-electron chi connectivity index (χ3n) is 3.65. The van der Waals surface area contributed by atoms with Crippen molar-refractivity contribution >= 4 is 5.97 Å². The molecule has 0 fully saturated rings. The van der Waals surface area contributed by atoms with E-state index in [1.807, 2.05) is 0 Å². The highest BCUT2D eigenvalue weighted by atomic mass is 16.5. The first-order valence-corrected chi connectivity index (χ1v) is 8.82. The summed E-state index contributed by atoms with van der Waals surface area (Å²) in [5, 5.41) is 0. The minimum atomic E-state index is -0.104. The van der Waals surface area contributed by atoms with Crippen LogP contribution in [0.25, 0.3) is 0 Å². The van der Waals surface area contributed by atoms with Crippen molar-refractivity contribution in [2.45, 2.75) is 70.8 Å². The first-order valence-electron chi connectivity index (χ1n) is 8.82. The van der Waals surface area contributed by atoms with Crippen LogP contribution >= 0.6 is 0 Å². The molecule has 0 heterocycles. The molecule has 3 nitrogen and oxygen atoms in total. The van der Waals surface area contributed by atoms with Gasteiger partial charge in [0.2, 0.25) is 0 Å². The highest BCUT2D eigenvalue weighted by Crippen LogP contribution is 2.11. The highest BCUT2D eigenvalue weighted by molar-refractivity contribution is 5.68. The van der Waals surface area contributed by atoms with Crippen molar-refractivity contribution in [3.8, 4) is 0 Å². The maximum absolute atomic E-state index is 11.0. The van der Waals surface area contributed by atoms with Crippen molar-refractivity contribution in [3.63, 3.8) is 0 Å². The number of esters is 1. The number of rotatable bonds is 14. The van der Waals surface area contributed by atoms with Crippen LogP contribution in [0.5, 0.6) is 0 Å². The van der Waals surface area contributed by atoms with E-state index in [9.17, 15) is 4.79 Å². The van der Waals surface area contributed by atoms with Crippen LogP contribution in [0.1, 0.15) is 64.7 Å². The van der Waals surface area contributed by atoms with Gasteiger partial charge < -0.3 is 9.47 Å². The molecule has 3 heteroatoms. The lowest BCUT2D eigenvalue weighted by Crippen LogP contribution is -2.06. The summed E-state index contributed by atoms with van der Waals surface area (Å²) in [5.74, 6) is -0.104. The number of allylic oxidation sites excluding steroid dienone is 5. The fourth-order valence-electron chi connectivity index (χ4n) is 2.23. The second-order valence-corrected chi connectivity index (χ2v) is 5.59. The zero-order valence-corrected chi connectivity index (χ0v) is 15.1. The van der Waals surface area contributed by atoms with Gasteiger partial charge in [-0.1, -0.05) is 69.1 Å². The zero-order chi connectivity index (χ0) is 17.2. The van der Waals surface area contributed by atoms with E-state index in [2.05, 4.69) is 48.1 Å². The minimum absolute atomic E-state index is 0.104. The average molecular weight is 322 g/mol. The Balaban J connectivity index is 3.65. The summed E-state index contributed by atoms with van der Waals surface area (Å²) in [4.78, 5) is 11.0. The van der Waals surface area contributed by atoms with Crippen molar-refractivity contribution in [1.29, 1.82) is 0 Å². The number of carbonyl (C=O) groups excluding carboxylic acids is 1. The number of carbonyl (C=O) groups is 1. The number of unbranched alkanes of at least 4 members (excludes halogenated alkanes) is 4. The van der Waals surface area contributed by atoms with E-state index in [0.29, 0.717) is 6.42 Å². The maximum Gasteiger partial charge on any atom is 0.305 e. The van der Waals surface area contributed by atoms with Gasteiger partial charge in [0.1, 0.15) is 0 Å². The van der Waals surface area contributed by atoms with E-state index in [-0.39, 0.29) is 12.1 Å². The summed E-state index contributed by atoms with van der Waals surface area (Å²) in [7, 11) is 3.21. The van der Waals surface area contributed by atoms with Crippen molar-refractivity contribution in [2.75, 3.05) is 14.2 Å². The van der Waals surface area contributed by atoms with Gasteiger partial charge in [-0.05, 0) is 25.7 Å². The summed E-state index contributed by atoms with van der Waals surface area (Å²) in [5.41, 5.74) is 0. The van der Waals surface area contributed by atoms with E-state index in [1.165, 1.54) is 20.0 Å². The summed E-state index contributed by atoms with van der Waals surface area (Å²) in [6.45, 7) is 2.14. The Kier molecular flexibility index (Phi) is 16.0. The van der Waals surface area contributed by atoms with Gasteiger partial charge in [0, 0.05) is 13.5 Å². The van der Waals surface area contributed by atoms with Crippen LogP contribution in [0.2, 0.25) is 0 Å². The molecule has 0 bridgehead atoms. The Bertz CT molecular complexity index is 356. The second kappa shape index (κ2) is 17.0. The van der Waals surface area contributed by atoms with E-state index in [1.54, 1.807) is 7.11 Å². The summed E-state index contributed by atoms with van der Waals surface area (Å²) in [6.07, 6.45) is 22.2. The largest absolute Gasteiger partial charge is 0.469 e. The predicted molar refractivity (Wildman–Crippen MR) is 97.5 cm³/mol. The standard InChI is InChI=1S/C20H34O3/c1-4-5-6-7-8-10-13-16-19(22-2)17-14-11-9-12-15-18-20(21)23-3/h5-6,8,10,13,16,19H,4,7,9,11-12,14-15,17-18H2,1-3H3.